The number of ether oxygens (including phenoxy) is 1. The quantitative estimate of drug-likeness (QED) is 0.735. The van der Waals surface area contributed by atoms with Gasteiger partial charge in [0, 0.05) is 19.0 Å². The van der Waals surface area contributed by atoms with Crippen LogP contribution in [0.1, 0.15) is 18.5 Å². The van der Waals surface area contributed by atoms with Gasteiger partial charge < -0.3 is 14.2 Å². The van der Waals surface area contributed by atoms with E-state index >= 15 is 0 Å². The van der Waals surface area contributed by atoms with Gasteiger partial charge >= 0.3 is 5.97 Å². The molecule has 0 aliphatic carbocycles. The van der Waals surface area contributed by atoms with Crippen molar-refractivity contribution in [2.24, 2.45) is 0 Å². The first kappa shape index (κ1) is 14.7. The molecule has 0 aliphatic heterocycles. The van der Waals surface area contributed by atoms with E-state index in [9.17, 15) is 4.79 Å². The van der Waals surface area contributed by atoms with E-state index in [1.54, 1.807) is 11.3 Å². The smallest absolute Gasteiger partial charge is 0.305 e. The predicted octanol–water partition coefficient (Wildman–Crippen LogP) is 2.79. The SMILES string of the molecule is COC(=O)CCCN(C)Cc1cc(-c2cccs2)on1. The fourth-order valence-corrected chi connectivity index (χ4v) is 2.55. The van der Waals surface area contributed by atoms with Crippen molar-refractivity contribution in [2.45, 2.75) is 19.4 Å². The average molecular weight is 294 g/mol. The van der Waals surface area contributed by atoms with Gasteiger partial charge in [-0.2, -0.15) is 0 Å². The standard InChI is InChI=1S/C14H18N2O3S/c1-16(7-3-6-14(17)18-2)10-11-9-12(19-15-11)13-5-4-8-20-13/h4-5,8-9H,3,6-7,10H2,1-2H3. The minimum Gasteiger partial charge on any atom is -0.469 e. The number of hydrogen-bond donors (Lipinski definition) is 0. The average Bonchev–Trinajstić information content (AvgIpc) is 3.08. The van der Waals surface area contributed by atoms with Crippen molar-refractivity contribution in [1.29, 1.82) is 0 Å². The highest BCUT2D eigenvalue weighted by atomic mass is 32.1. The molecule has 0 amide bonds. The van der Waals surface area contributed by atoms with Crippen LogP contribution in [-0.2, 0) is 16.1 Å². The summed E-state index contributed by atoms with van der Waals surface area (Å²) in [7, 11) is 3.41. The third-order valence-electron chi connectivity index (χ3n) is 2.90. The lowest BCUT2D eigenvalue weighted by atomic mass is 10.2. The first-order valence-corrected chi connectivity index (χ1v) is 7.32. The Morgan fingerprint density at radius 3 is 3.10 bits per heavy atom. The lowest BCUT2D eigenvalue weighted by Crippen LogP contribution is -2.20. The topological polar surface area (TPSA) is 55.6 Å². The molecular formula is C14H18N2O3S. The van der Waals surface area contributed by atoms with Crippen molar-refractivity contribution in [3.05, 3.63) is 29.3 Å². The van der Waals surface area contributed by atoms with Crippen molar-refractivity contribution in [2.75, 3.05) is 20.7 Å². The molecule has 0 fully saturated rings. The Kier molecular flexibility index (Phi) is 5.31. The van der Waals surface area contributed by atoms with Crippen molar-refractivity contribution < 1.29 is 14.1 Å². The molecule has 0 atom stereocenters. The highest BCUT2D eigenvalue weighted by molar-refractivity contribution is 7.13. The van der Waals surface area contributed by atoms with Gasteiger partial charge in [0.25, 0.3) is 0 Å². The molecule has 2 rings (SSSR count). The fourth-order valence-electron chi connectivity index (χ4n) is 1.87. The zero-order chi connectivity index (χ0) is 14.4. The molecule has 2 heterocycles. The van der Waals surface area contributed by atoms with E-state index in [1.165, 1.54) is 7.11 Å². The lowest BCUT2D eigenvalue weighted by Gasteiger charge is -2.13. The summed E-state index contributed by atoms with van der Waals surface area (Å²) < 4.78 is 9.94. The summed E-state index contributed by atoms with van der Waals surface area (Å²) in [6, 6.07) is 5.96. The second kappa shape index (κ2) is 7.21. The Balaban J connectivity index is 1.80. The normalized spacial score (nSPS) is 10.9. The maximum atomic E-state index is 11.0. The largest absolute Gasteiger partial charge is 0.469 e. The molecule has 0 radical (unpaired) electrons. The second-order valence-corrected chi connectivity index (χ2v) is 5.52. The minimum absolute atomic E-state index is 0.167. The van der Waals surface area contributed by atoms with Crippen LogP contribution in [0.4, 0.5) is 0 Å². The van der Waals surface area contributed by atoms with Gasteiger partial charge in [0.15, 0.2) is 5.76 Å². The summed E-state index contributed by atoms with van der Waals surface area (Å²) >= 11 is 1.63. The molecule has 0 saturated carbocycles. The Labute approximate surface area is 122 Å². The highest BCUT2D eigenvalue weighted by Crippen LogP contribution is 2.25. The summed E-state index contributed by atoms with van der Waals surface area (Å²) in [6.07, 6.45) is 1.22. The number of esters is 1. The molecular weight excluding hydrogens is 276 g/mol. The van der Waals surface area contributed by atoms with Gasteiger partial charge in [-0.25, -0.2) is 0 Å². The number of nitrogens with zero attached hydrogens (tertiary/aromatic N) is 2. The van der Waals surface area contributed by atoms with Crippen molar-refractivity contribution in [3.63, 3.8) is 0 Å². The maximum absolute atomic E-state index is 11.0. The summed E-state index contributed by atoms with van der Waals surface area (Å²) in [5.74, 6) is 0.637. The van der Waals surface area contributed by atoms with Gasteiger partial charge in [-0.3, -0.25) is 4.79 Å². The van der Waals surface area contributed by atoms with Crippen LogP contribution in [0.25, 0.3) is 10.6 Å². The zero-order valence-corrected chi connectivity index (χ0v) is 12.5. The van der Waals surface area contributed by atoms with Gasteiger partial charge in [-0.1, -0.05) is 11.2 Å². The molecule has 20 heavy (non-hydrogen) atoms. The van der Waals surface area contributed by atoms with E-state index in [4.69, 9.17) is 4.52 Å². The Morgan fingerprint density at radius 2 is 2.40 bits per heavy atom. The highest BCUT2D eigenvalue weighted by Gasteiger charge is 2.10. The Hall–Kier alpha value is -1.66. The summed E-state index contributed by atoms with van der Waals surface area (Å²) in [6.45, 7) is 1.52. The van der Waals surface area contributed by atoms with Gasteiger partial charge in [0.2, 0.25) is 0 Å². The van der Waals surface area contributed by atoms with Crippen LogP contribution in [0, 0.1) is 0 Å². The van der Waals surface area contributed by atoms with E-state index in [1.807, 2.05) is 30.6 Å². The number of methoxy groups -OCH3 is 1. The molecule has 0 spiro atoms. The molecule has 108 valence electrons. The molecule has 6 heteroatoms. The number of thiophene rings is 1. The van der Waals surface area contributed by atoms with Gasteiger partial charge in [0.05, 0.1) is 17.7 Å². The van der Waals surface area contributed by atoms with E-state index in [2.05, 4.69) is 14.8 Å². The molecule has 0 saturated heterocycles. The third-order valence-corrected chi connectivity index (χ3v) is 3.79. The summed E-state index contributed by atoms with van der Waals surface area (Å²) in [4.78, 5) is 14.2. The number of carbonyl (C=O) groups excluding carboxylic acids is 1. The molecule has 0 unspecified atom stereocenters. The van der Waals surface area contributed by atoms with E-state index < -0.39 is 0 Å². The molecule has 2 aromatic rings. The van der Waals surface area contributed by atoms with Crippen molar-refractivity contribution in [3.8, 4) is 10.6 Å². The number of aromatic nitrogens is 1. The molecule has 0 aliphatic rings. The van der Waals surface area contributed by atoms with Crippen LogP contribution >= 0.6 is 11.3 Å². The maximum Gasteiger partial charge on any atom is 0.305 e. The van der Waals surface area contributed by atoms with Crippen LogP contribution in [0.15, 0.2) is 28.1 Å². The Bertz CT molecular complexity index is 536. The van der Waals surface area contributed by atoms with Crippen LogP contribution in [0.5, 0.6) is 0 Å². The van der Waals surface area contributed by atoms with E-state index in [-0.39, 0.29) is 5.97 Å². The first-order chi connectivity index (χ1) is 9.69. The molecule has 2 aromatic heterocycles. The fraction of sp³-hybridized carbons (Fsp3) is 0.429. The molecule has 0 aromatic carbocycles. The van der Waals surface area contributed by atoms with E-state index in [0.717, 1.165) is 29.3 Å². The molecule has 0 N–H and O–H groups in total. The van der Waals surface area contributed by atoms with Crippen LogP contribution < -0.4 is 0 Å². The lowest BCUT2D eigenvalue weighted by molar-refractivity contribution is -0.140. The van der Waals surface area contributed by atoms with Gasteiger partial charge in [-0.05, 0) is 31.5 Å². The van der Waals surface area contributed by atoms with Crippen molar-refractivity contribution in [1.82, 2.24) is 10.1 Å². The van der Waals surface area contributed by atoms with Crippen LogP contribution in [-0.4, -0.2) is 36.7 Å². The van der Waals surface area contributed by atoms with Crippen molar-refractivity contribution >= 4 is 17.3 Å². The molecule has 0 bridgehead atoms. The van der Waals surface area contributed by atoms with Crippen LogP contribution in [0.2, 0.25) is 0 Å². The van der Waals surface area contributed by atoms with Gasteiger partial charge in [-0.15, -0.1) is 11.3 Å². The Morgan fingerprint density at radius 1 is 1.55 bits per heavy atom. The number of rotatable bonds is 7. The molecule has 5 nitrogen and oxygen atoms in total. The van der Waals surface area contributed by atoms with E-state index in [0.29, 0.717) is 13.0 Å². The second-order valence-electron chi connectivity index (χ2n) is 4.58. The summed E-state index contributed by atoms with van der Waals surface area (Å²) in [5, 5.41) is 6.08. The zero-order valence-electron chi connectivity index (χ0n) is 11.7. The summed E-state index contributed by atoms with van der Waals surface area (Å²) in [5.41, 5.74) is 0.897. The van der Waals surface area contributed by atoms with Crippen LogP contribution in [0.3, 0.4) is 0 Å². The minimum atomic E-state index is -0.167. The number of hydrogen-bond acceptors (Lipinski definition) is 6. The first-order valence-electron chi connectivity index (χ1n) is 6.44. The van der Waals surface area contributed by atoms with Gasteiger partial charge in [0.1, 0.15) is 0 Å². The number of carbonyl (C=O) groups is 1. The monoisotopic (exact) mass is 294 g/mol. The predicted molar refractivity (Wildman–Crippen MR) is 77.4 cm³/mol. The third kappa shape index (κ3) is 4.18.